The van der Waals surface area contributed by atoms with Crippen LogP contribution in [0.1, 0.15) is 53.4 Å². The van der Waals surface area contributed by atoms with E-state index in [0.29, 0.717) is 6.04 Å². The zero-order valence-electron chi connectivity index (χ0n) is 14.0. The number of hydrogen-bond donors (Lipinski definition) is 1. The van der Waals surface area contributed by atoms with Gasteiger partial charge in [0.1, 0.15) is 0 Å². The summed E-state index contributed by atoms with van der Waals surface area (Å²) in [5, 5.41) is 3.64. The molecule has 1 aliphatic heterocycles. The van der Waals surface area contributed by atoms with Crippen LogP contribution < -0.4 is 5.32 Å². The summed E-state index contributed by atoms with van der Waals surface area (Å²) in [6.07, 6.45) is 4.05. The number of likely N-dealkylation sites (N-methyl/N-ethyl adjacent to an activating group) is 1. The Bertz CT molecular complexity index is 257. The normalized spacial score (nSPS) is 20.9. The van der Waals surface area contributed by atoms with Gasteiger partial charge in [-0.1, -0.05) is 6.92 Å². The molecular weight excluding hydrogens is 254 g/mol. The topological polar surface area (TPSA) is 39.7 Å². The van der Waals surface area contributed by atoms with E-state index in [4.69, 9.17) is 14.2 Å². The van der Waals surface area contributed by atoms with E-state index in [1.54, 1.807) is 7.11 Å². The van der Waals surface area contributed by atoms with Crippen LogP contribution in [0, 0.1) is 0 Å². The first-order chi connectivity index (χ1) is 9.49. The second kappa shape index (κ2) is 8.32. The third kappa shape index (κ3) is 4.99. The molecule has 0 aromatic heterocycles. The highest BCUT2D eigenvalue weighted by Crippen LogP contribution is 2.32. The molecule has 0 amide bonds. The monoisotopic (exact) mass is 287 g/mol. The lowest BCUT2D eigenvalue weighted by molar-refractivity contribution is -0.130. The summed E-state index contributed by atoms with van der Waals surface area (Å²) < 4.78 is 17.3. The Morgan fingerprint density at radius 3 is 2.40 bits per heavy atom. The second-order valence-corrected chi connectivity index (χ2v) is 6.22. The SMILES string of the molecule is CCNC(CCC(C)(C)OC)C1(OCC)CCOCC1. The van der Waals surface area contributed by atoms with E-state index >= 15 is 0 Å². The van der Waals surface area contributed by atoms with Crippen LogP contribution in [-0.2, 0) is 14.2 Å². The van der Waals surface area contributed by atoms with Crippen LogP contribution >= 0.6 is 0 Å². The zero-order chi connectivity index (χ0) is 15.1. The molecule has 1 heterocycles. The summed E-state index contributed by atoms with van der Waals surface area (Å²) in [6.45, 7) is 11.9. The Morgan fingerprint density at radius 1 is 1.25 bits per heavy atom. The molecule has 1 rings (SSSR count). The van der Waals surface area contributed by atoms with Crippen LogP contribution in [0.2, 0.25) is 0 Å². The number of nitrogens with one attached hydrogen (secondary N) is 1. The van der Waals surface area contributed by atoms with Gasteiger partial charge >= 0.3 is 0 Å². The van der Waals surface area contributed by atoms with Gasteiger partial charge in [-0.25, -0.2) is 0 Å². The molecule has 0 aromatic rings. The van der Waals surface area contributed by atoms with Gasteiger partial charge in [-0.15, -0.1) is 0 Å². The van der Waals surface area contributed by atoms with Gasteiger partial charge in [-0.2, -0.15) is 0 Å². The molecule has 1 atom stereocenters. The van der Waals surface area contributed by atoms with Crippen molar-refractivity contribution in [2.24, 2.45) is 0 Å². The molecule has 0 aromatic carbocycles. The van der Waals surface area contributed by atoms with Gasteiger partial charge < -0.3 is 19.5 Å². The third-order valence-corrected chi connectivity index (χ3v) is 4.44. The lowest BCUT2D eigenvalue weighted by Crippen LogP contribution is -2.56. The molecule has 1 unspecified atom stereocenters. The Balaban J connectivity index is 2.74. The molecule has 4 nitrogen and oxygen atoms in total. The van der Waals surface area contributed by atoms with Crippen molar-refractivity contribution in [2.75, 3.05) is 33.5 Å². The smallest absolute Gasteiger partial charge is 0.0878 e. The number of hydrogen-bond acceptors (Lipinski definition) is 4. The lowest BCUT2D eigenvalue weighted by Gasteiger charge is -2.44. The van der Waals surface area contributed by atoms with Gasteiger partial charge in [-0.3, -0.25) is 0 Å². The van der Waals surface area contributed by atoms with Crippen LogP contribution in [0.3, 0.4) is 0 Å². The lowest BCUT2D eigenvalue weighted by atomic mass is 9.81. The third-order valence-electron chi connectivity index (χ3n) is 4.44. The Hall–Kier alpha value is -0.160. The average Bonchev–Trinajstić information content (AvgIpc) is 2.44. The summed E-state index contributed by atoms with van der Waals surface area (Å²) in [5.74, 6) is 0. The van der Waals surface area contributed by atoms with Crippen molar-refractivity contribution in [3.05, 3.63) is 0 Å². The van der Waals surface area contributed by atoms with E-state index in [2.05, 4.69) is 33.0 Å². The van der Waals surface area contributed by atoms with E-state index in [-0.39, 0.29) is 11.2 Å². The maximum Gasteiger partial charge on any atom is 0.0878 e. The summed E-state index contributed by atoms with van der Waals surface area (Å²) in [5.41, 5.74) is -0.154. The molecule has 1 saturated heterocycles. The van der Waals surface area contributed by atoms with Gasteiger partial charge in [-0.05, 0) is 40.2 Å². The first-order valence-electron chi connectivity index (χ1n) is 8.00. The molecule has 1 N–H and O–H groups in total. The number of ether oxygens (including phenoxy) is 3. The van der Waals surface area contributed by atoms with Crippen LogP contribution in [0.4, 0.5) is 0 Å². The minimum absolute atomic E-state index is 0.0766. The largest absolute Gasteiger partial charge is 0.381 e. The minimum Gasteiger partial charge on any atom is -0.381 e. The summed E-state index contributed by atoms with van der Waals surface area (Å²) in [6, 6.07) is 0.366. The quantitative estimate of drug-likeness (QED) is 0.708. The van der Waals surface area contributed by atoms with Crippen molar-refractivity contribution in [1.82, 2.24) is 5.32 Å². The molecule has 20 heavy (non-hydrogen) atoms. The van der Waals surface area contributed by atoms with E-state index < -0.39 is 0 Å². The predicted molar refractivity (Wildman–Crippen MR) is 82.2 cm³/mol. The first kappa shape index (κ1) is 17.9. The molecule has 0 bridgehead atoms. The van der Waals surface area contributed by atoms with Crippen molar-refractivity contribution in [3.8, 4) is 0 Å². The average molecular weight is 287 g/mol. The van der Waals surface area contributed by atoms with Crippen molar-refractivity contribution in [3.63, 3.8) is 0 Å². The first-order valence-corrected chi connectivity index (χ1v) is 8.00. The molecule has 0 saturated carbocycles. The van der Waals surface area contributed by atoms with Crippen LogP contribution in [0.5, 0.6) is 0 Å². The van der Waals surface area contributed by atoms with Gasteiger partial charge in [0.15, 0.2) is 0 Å². The second-order valence-electron chi connectivity index (χ2n) is 6.22. The molecule has 120 valence electrons. The standard InChI is InChI=1S/C16H33NO3/c1-6-17-14(8-9-15(3,4)18-5)16(20-7-2)10-12-19-13-11-16/h14,17H,6-13H2,1-5H3. The molecule has 4 heteroatoms. The Kier molecular flexibility index (Phi) is 7.45. The van der Waals surface area contributed by atoms with Crippen LogP contribution in [0.15, 0.2) is 0 Å². The minimum atomic E-state index is -0.0771. The van der Waals surface area contributed by atoms with E-state index in [0.717, 1.165) is 52.0 Å². The van der Waals surface area contributed by atoms with E-state index in [1.165, 1.54) is 0 Å². The Labute approximate surface area is 124 Å². The fraction of sp³-hybridized carbons (Fsp3) is 1.00. The van der Waals surface area contributed by atoms with Gasteiger partial charge in [0, 0.05) is 45.8 Å². The summed E-state index contributed by atoms with van der Waals surface area (Å²) >= 11 is 0. The summed E-state index contributed by atoms with van der Waals surface area (Å²) in [4.78, 5) is 0. The number of rotatable bonds is 9. The summed E-state index contributed by atoms with van der Waals surface area (Å²) in [7, 11) is 1.79. The molecule has 1 aliphatic rings. The highest BCUT2D eigenvalue weighted by Gasteiger charge is 2.41. The molecule has 0 aliphatic carbocycles. The molecule has 0 radical (unpaired) electrons. The maximum atomic E-state index is 6.20. The highest BCUT2D eigenvalue weighted by atomic mass is 16.5. The Morgan fingerprint density at radius 2 is 1.90 bits per heavy atom. The van der Waals surface area contributed by atoms with Crippen LogP contribution in [-0.4, -0.2) is 50.7 Å². The fourth-order valence-corrected chi connectivity index (χ4v) is 2.99. The van der Waals surface area contributed by atoms with Crippen molar-refractivity contribution < 1.29 is 14.2 Å². The zero-order valence-corrected chi connectivity index (χ0v) is 14.0. The van der Waals surface area contributed by atoms with Crippen molar-refractivity contribution in [2.45, 2.75) is 70.6 Å². The van der Waals surface area contributed by atoms with Crippen LogP contribution in [0.25, 0.3) is 0 Å². The van der Waals surface area contributed by atoms with E-state index in [9.17, 15) is 0 Å². The highest BCUT2D eigenvalue weighted by molar-refractivity contribution is 4.96. The van der Waals surface area contributed by atoms with Gasteiger partial charge in [0.2, 0.25) is 0 Å². The van der Waals surface area contributed by atoms with E-state index in [1.807, 2.05) is 0 Å². The van der Waals surface area contributed by atoms with Gasteiger partial charge in [0.25, 0.3) is 0 Å². The fourth-order valence-electron chi connectivity index (χ4n) is 2.99. The van der Waals surface area contributed by atoms with Gasteiger partial charge in [0.05, 0.1) is 11.2 Å². The van der Waals surface area contributed by atoms with Crippen molar-refractivity contribution in [1.29, 1.82) is 0 Å². The number of methoxy groups -OCH3 is 1. The molecule has 0 spiro atoms. The maximum absolute atomic E-state index is 6.20. The molecular formula is C16H33NO3. The molecule has 1 fully saturated rings. The van der Waals surface area contributed by atoms with Crippen molar-refractivity contribution >= 4 is 0 Å². The predicted octanol–water partition coefficient (Wildman–Crippen LogP) is 2.76.